The van der Waals surface area contributed by atoms with Crippen LogP contribution in [0.5, 0.6) is 0 Å². The van der Waals surface area contributed by atoms with Crippen LogP contribution in [0.3, 0.4) is 0 Å². The summed E-state index contributed by atoms with van der Waals surface area (Å²) in [6, 6.07) is -0.909. The van der Waals surface area contributed by atoms with Crippen LogP contribution in [0.4, 0.5) is 0 Å². The van der Waals surface area contributed by atoms with E-state index in [2.05, 4.69) is 43.5 Å². The van der Waals surface area contributed by atoms with E-state index in [-0.39, 0.29) is 12.5 Å². The maximum Gasteiger partial charge on any atom is 0.268 e. The second-order valence-electron chi connectivity index (χ2n) is 25.9. The summed E-state index contributed by atoms with van der Waals surface area (Å²) < 4.78 is 23.4. The molecule has 81 heavy (non-hydrogen) atoms. The molecule has 3 unspecified atom stereocenters. The highest BCUT2D eigenvalue weighted by atomic mass is 31.2. The van der Waals surface area contributed by atoms with Gasteiger partial charge in [-0.05, 0) is 44.9 Å². The molecule has 0 bridgehead atoms. The Morgan fingerprint density at radius 2 is 0.691 bits per heavy atom. The summed E-state index contributed by atoms with van der Waals surface area (Å²) in [6.07, 6.45) is 84.3. The molecule has 0 heterocycles. The summed E-state index contributed by atoms with van der Waals surface area (Å²) in [7, 11) is 1.25. The van der Waals surface area contributed by atoms with E-state index in [4.69, 9.17) is 9.05 Å². The number of phosphoric ester groups is 1. The normalized spacial score (nSPS) is 13.8. The van der Waals surface area contributed by atoms with Gasteiger partial charge in [0, 0.05) is 6.42 Å². The number of amides is 1. The standard InChI is InChI=1S/C72H141N2O6P/c1-6-8-10-12-14-16-18-20-22-24-26-28-30-32-34-35-36-37-38-39-40-42-44-46-48-50-52-54-56-58-60-62-64-66-72(76)73-70(69-80-81(77,78)79-68-67-74(3,4)5)71(75)65-63-61-59-57-55-53-51-49-47-45-43-41-33-31-29-27-25-23-21-19-17-15-13-11-9-7-2/h47,49,55,57,63,65,70-71,75H,6-46,48,50-54,56,58-62,64,66-69H2,1-5H3,(H-,73,76,77,78)/b49-47+,57-55+,65-63+. The number of hydrogen-bond donors (Lipinski definition) is 2. The highest BCUT2D eigenvalue weighted by Crippen LogP contribution is 2.38. The van der Waals surface area contributed by atoms with E-state index in [1.165, 1.54) is 302 Å². The van der Waals surface area contributed by atoms with E-state index >= 15 is 0 Å². The average molecular weight is 1160 g/mol. The lowest BCUT2D eigenvalue weighted by Gasteiger charge is -2.29. The molecule has 0 aromatic heterocycles. The Morgan fingerprint density at radius 3 is 1.00 bits per heavy atom. The van der Waals surface area contributed by atoms with Gasteiger partial charge in [0.15, 0.2) is 0 Å². The lowest BCUT2D eigenvalue weighted by molar-refractivity contribution is -0.870. The average Bonchev–Trinajstić information content (AvgIpc) is 3.43. The number of phosphoric acid groups is 1. The molecular formula is C72H141N2O6P. The number of likely N-dealkylation sites (N-methyl/N-ethyl adjacent to an activating group) is 1. The Labute approximate surface area is 506 Å². The Morgan fingerprint density at radius 1 is 0.420 bits per heavy atom. The van der Waals surface area contributed by atoms with Crippen molar-refractivity contribution in [2.45, 2.75) is 379 Å². The number of carbonyl (C=O) groups excluding carboxylic acids is 1. The van der Waals surface area contributed by atoms with Gasteiger partial charge in [-0.3, -0.25) is 9.36 Å². The number of aliphatic hydroxyl groups excluding tert-OH is 1. The zero-order chi connectivity index (χ0) is 59.1. The molecule has 0 aliphatic carbocycles. The van der Waals surface area contributed by atoms with Gasteiger partial charge in [0.1, 0.15) is 13.2 Å². The van der Waals surface area contributed by atoms with Gasteiger partial charge in [0.25, 0.3) is 7.82 Å². The fourth-order valence-corrected chi connectivity index (χ4v) is 11.7. The lowest BCUT2D eigenvalue weighted by atomic mass is 10.0. The molecule has 0 aliphatic heterocycles. The minimum Gasteiger partial charge on any atom is -0.756 e. The predicted octanol–water partition coefficient (Wildman–Crippen LogP) is 22.2. The maximum atomic E-state index is 13.0. The minimum atomic E-state index is -4.61. The van der Waals surface area contributed by atoms with E-state index in [0.717, 1.165) is 44.9 Å². The van der Waals surface area contributed by atoms with Gasteiger partial charge in [0.05, 0.1) is 39.9 Å². The monoisotopic (exact) mass is 1160 g/mol. The largest absolute Gasteiger partial charge is 0.756 e. The molecule has 1 amide bonds. The molecule has 0 aromatic carbocycles. The smallest absolute Gasteiger partial charge is 0.268 e. The van der Waals surface area contributed by atoms with Crippen LogP contribution >= 0.6 is 7.82 Å². The van der Waals surface area contributed by atoms with Crippen molar-refractivity contribution < 1.29 is 32.9 Å². The third-order valence-electron chi connectivity index (χ3n) is 16.6. The first kappa shape index (κ1) is 79.7. The first-order valence-corrected chi connectivity index (χ1v) is 37.3. The van der Waals surface area contributed by atoms with E-state index < -0.39 is 26.6 Å². The third-order valence-corrected chi connectivity index (χ3v) is 17.5. The van der Waals surface area contributed by atoms with Crippen LogP contribution in [0.15, 0.2) is 36.5 Å². The van der Waals surface area contributed by atoms with Crippen LogP contribution < -0.4 is 10.2 Å². The molecule has 0 aliphatic rings. The van der Waals surface area contributed by atoms with Gasteiger partial charge >= 0.3 is 0 Å². The molecule has 0 saturated heterocycles. The Hall–Kier alpha value is -1.28. The number of aliphatic hydroxyl groups is 1. The zero-order valence-electron chi connectivity index (χ0n) is 55.0. The van der Waals surface area contributed by atoms with Crippen LogP contribution in [-0.2, 0) is 18.4 Å². The first-order valence-electron chi connectivity index (χ1n) is 35.9. The van der Waals surface area contributed by atoms with Gasteiger partial charge in [-0.2, -0.15) is 0 Å². The van der Waals surface area contributed by atoms with Crippen molar-refractivity contribution in [3.05, 3.63) is 36.5 Å². The van der Waals surface area contributed by atoms with Crippen molar-refractivity contribution in [3.8, 4) is 0 Å². The quantitative estimate of drug-likeness (QED) is 0.0272. The number of nitrogens with one attached hydrogen (secondary N) is 1. The number of nitrogens with zero attached hydrogens (tertiary/aromatic N) is 1. The Bertz CT molecular complexity index is 1410. The number of hydrogen-bond acceptors (Lipinski definition) is 6. The molecule has 0 aromatic rings. The van der Waals surface area contributed by atoms with Crippen molar-refractivity contribution in [1.82, 2.24) is 5.32 Å². The molecule has 3 atom stereocenters. The molecule has 9 heteroatoms. The number of rotatable bonds is 67. The van der Waals surface area contributed by atoms with Crippen LogP contribution in [-0.4, -0.2) is 68.5 Å². The molecule has 8 nitrogen and oxygen atoms in total. The topological polar surface area (TPSA) is 108 Å². The van der Waals surface area contributed by atoms with Crippen molar-refractivity contribution >= 4 is 13.7 Å². The molecule has 0 rings (SSSR count). The van der Waals surface area contributed by atoms with Crippen LogP contribution in [0.1, 0.15) is 367 Å². The van der Waals surface area contributed by atoms with Crippen LogP contribution in [0.2, 0.25) is 0 Å². The molecular weight excluding hydrogens is 1020 g/mol. The number of carbonyl (C=O) groups is 1. The van der Waals surface area contributed by atoms with Crippen molar-refractivity contribution in [1.29, 1.82) is 0 Å². The fourth-order valence-electron chi connectivity index (χ4n) is 11.0. The number of allylic oxidation sites excluding steroid dienone is 5. The Kier molecular flexibility index (Phi) is 62.2. The predicted molar refractivity (Wildman–Crippen MR) is 353 cm³/mol. The van der Waals surface area contributed by atoms with Crippen LogP contribution in [0, 0.1) is 0 Å². The lowest BCUT2D eigenvalue weighted by Crippen LogP contribution is -2.45. The fraction of sp³-hybridized carbons (Fsp3) is 0.903. The van der Waals surface area contributed by atoms with Gasteiger partial charge in [-0.15, -0.1) is 0 Å². The van der Waals surface area contributed by atoms with Crippen LogP contribution in [0.25, 0.3) is 0 Å². The van der Waals surface area contributed by atoms with Gasteiger partial charge in [-0.25, -0.2) is 0 Å². The van der Waals surface area contributed by atoms with Gasteiger partial charge < -0.3 is 28.8 Å². The minimum absolute atomic E-state index is 0.00706. The van der Waals surface area contributed by atoms with Gasteiger partial charge in [0.2, 0.25) is 5.91 Å². The van der Waals surface area contributed by atoms with Crippen molar-refractivity contribution in [2.24, 2.45) is 0 Å². The summed E-state index contributed by atoms with van der Waals surface area (Å²) in [6.45, 7) is 4.68. The highest BCUT2D eigenvalue weighted by Gasteiger charge is 2.23. The summed E-state index contributed by atoms with van der Waals surface area (Å²) >= 11 is 0. The Balaban J connectivity index is 4.06. The molecule has 2 N–H and O–H groups in total. The molecule has 0 radical (unpaired) electrons. The second-order valence-corrected chi connectivity index (χ2v) is 27.3. The van der Waals surface area contributed by atoms with Gasteiger partial charge in [-0.1, -0.05) is 352 Å². The summed E-state index contributed by atoms with van der Waals surface area (Å²) in [4.78, 5) is 25.6. The van der Waals surface area contributed by atoms with Crippen molar-refractivity contribution in [2.75, 3.05) is 40.9 Å². The molecule has 480 valence electrons. The first-order chi connectivity index (χ1) is 39.5. The highest BCUT2D eigenvalue weighted by molar-refractivity contribution is 7.45. The van der Waals surface area contributed by atoms with E-state index in [1.54, 1.807) is 6.08 Å². The zero-order valence-corrected chi connectivity index (χ0v) is 55.9. The number of quaternary nitrogens is 1. The molecule has 0 fully saturated rings. The second kappa shape index (κ2) is 63.2. The summed E-state index contributed by atoms with van der Waals surface area (Å²) in [5.41, 5.74) is 0. The van der Waals surface area contributed by atoms with E-state index in [1.807, 2.05) is 27.2 Å². The van der Waals surface area contributed by atoms with Crippen molar-refractivity contribution in [3.63, 3.8) is 0 Å². The third kappa shape index (κ3) is 66.1. The van der Waals surface area contributed by atoms with E-state index in [9.17, 15) is 19.4 Å². The molecule has 0 saturated carbocycles. The number of unbranched alkanes of at least 4 members (excludes halogenated alkanes) is 50. The molecule has 0 spiro atoms. The maximum absolute atomic E-state index is 13.0. The summed E-state index contributed by atoms with van der Waals surface area (Å²) in [5, 5.41) is 13.9. The van der Waals surface area contributed by atoms with E-state index in [0.29, 0.717) is 17.4 Å². The SMILES string of the molecule is CCCCCCCCCCCCCCCCCC/C=C/CC/C=C/CC/C=C/C(O)C(COP(=O)([O-])OCC[N+](C)(C)C)NC(=O)CCCCCCCCCCCCCCCCCCCCCCCCCCCCCCCCCCC. The summed E-state index contributed by atoms with van der Waals surface area (Å²) in [5.74, 6) is -0.203.